The van der Waals surface area contributed by atoms with Gasteiger partial charge in [0.1, 0.15) is 5.82 Å². The van der Waals surface area contributed by atoms with E-state index >= 15 is 0 Å². The van der Waals surface area contributed by atoms with Crippen molar-refractivity contribution in [3.63, 3.8) is 0 Å². The highest BCUT2D eigenvalue weighted by Crippen LogP contribution is 2.27. The molecular formula is C24H22FNO2. The van der Waals surface area contributed by atoms with Gasteiger partial charge in [-0.1, -0.05) is 42.5 Å². The molecule has 0 aliphatic rings. The molecule has 1 amide bonds. The number of hydrogen-bond acceptors (Lipinski definition) is 2. The number of anilines is 1. The SMILES string of the molecule is CC(=O)c1cccc(CC(Cc2cccc(NC=O)c2)c2ccc(F)cc2)c1. The molecule has 0 aliphatic heterocycles. The highest BCUT2D eigenvalue weighted by Gasteiger charge is 2.15. The van der Waals surface area contributed by atoms with Crippen molar-refractivity contribution < 1.29 is 14.0 Å². The fraction of sp³-hybridized carbons (Fsp3) is 0.167. The summed E-state index contributed by atoms with van der Waals surface area (Å²) in [6.45, 7) is 1.56. The van der Waals surface area contributed by atoms with Gasteiger partial charge in [0.2, 0.25) is 6.41 Å². The number of Topliss-reactive ketones (excluding diaryl/α,β-unsaturated/α-hetero) is 1. The Hall–Kier alpha value is -3.27. The highest BCUT2D eigenvalue weighted by atomic mass is 19.1. The van der Waals surface area contributed by atoms with E-state index in [4.69, 9.17) is 0 Å². The van der Waals surface area contributed by atoms with E-state index in [1.165, 1.54) is 12.1 Å². The number of ketones is 1. The lowest BCUT2D eigenvalue weighted by Gasteiger charge is -2.19. The van der Waals surface area contributed by atoms with E-state index in [2.05, 4.69) is 5.32 Å². The monoisotopic (exact) mass is 375 g/mol. The first-order valence-corrected chi connectivity index (χ1v) is 9.19. The van der Waals surface area contributed by atoms with E-state index in [9.17, 15) is 14.0 Å². The molecule has 0 heterocycles. The van der Waals surface area contributed by atoms with E-state index in [-0.39, 0.29) is 17.5 Å². The smallest absolute Gasteiger partial charge is 0.211 e. The summed E-state index contributed by atoms with van der Waals surface area (Å²) in [6, 6.07) is 21.9. The van der Waals surface area contributed by atoms with E-state index in [0.717, 1.165) is 35.2 Å². The minimum absolute atomic E-state index is 0.0350. The van der Waals surface area contributed by atoms with Crippen LogP contribution in [0.1, 0.15) is 39.9 Å². The third-order valence-corrected chi connectivity index (χ3v) is 4.79. The number of rotatable bonds is 8. The van der Waals surface area contributed by atoms with Gasteiger partial charge in [-0.3, -0.25) is 9.59 Å². The molecule has 0 aromatic heterocycles. The van der Waals surface area contributed by atoms with Gasteiger partial charge < -0.3 is 5.32 Å². The topological polar surface area (TPSA) is 46.2 Å². The van der Waals surface area contributed by atoms with E-state index in [0.29, 0.717) is 12.0 Å². The largest absolute Gasteiger partial charge is 0.329 e. The van der Waals surface area contributed by atoms with Crippen LogP contribution >= 0.6 is 0 Å². The normalized spacial score (nSPS) is 11.6. The van der Waals surface area contributed by atoms with Crippen molar-refractivity contribution in [2.24, 2.45) is 0 Å². The molecule has 28 heavy (non-hydrogen) atoms. The lowest BCUT2D eigenvalue weighted by atomic mass is 9.86. The predicted molar refractivity (Wildman–Crippen MR) is 109 cm³/mol. The van der Waals surface area contributed by atoms with Crippen molar-refractivity contribution in [2.45, 2.75) is 25.7 Å². The van der Waals surface area contributed by atoms with Crippen LogP contribution in [-0.4, -0.2) is 12.2 Å². The van der Waals surface area contributed by atoms with Gasteiger partial charge in [-0.15, -0.1) is 0 Å². The summed E-state index contributed by atoms with van der Waals surface area (Å²) >= 11 is 0. The van der Waals surface area contributed by atoms with Gasteiger partial charge in [0, 0.05) is 11.3 Å². The van der Waals surface area contributed by atoms with Gasteiger partial charge in [-0.25, -0.2) is 4.39 Å². The molecular weight excluding hydrogens is 353 g/mol. The first-order valence-electron chi connectivity index (χ1n) is 9.19. The van der Waals surface area contributed by atoms with Gasteiger partial charge in [0.25, 0.3) is 0 Å². The lowest BCUT2D eigenvalue weighted by Crippen LogP contribution is -2.08. The van der Waals surface area contributed by atoms with Crippen LogP contribution in [0.4, 0.5) is 10.1 Å². The molecule has 0 aliphatic carbocycles. The summed E-state index contributed by atoms with van der Waals surface area (Å²) in [6.07, 6.45) is 2.10. The lowest BCUT2D eigenvalue weighted by molar-refractivity contribution is -0.105. The molecule has 0 fully saturated rings. The first-order chi connectivity index (χ1) is 13.5. The molecule has 0 spiro atoms. The average molecular weight is 375 g/mol. The van der Waals surface area contributed by atoms with Gasteiger partial charge in [0.05, 0.1) is 0 Å². The highest BCUT2D eigenvalue weighted by molar-refractivity contribution is 5.94. The van der Waals surface area contributed by atoms with Gasteiger partial charge >= 0.3 is 0 Å². The van der Waals surface area contributed by atoms with E-state index in [1.807, 2.05) is 60.7 Å². The molecule has 0 saturated carbocycles. The van der Waals surface area contributed by atoms with Crippen LogP contribution in [0.5, 0.6) is 0 Å². The molecule has 3 aromatic rings. The van der Waals surface area contributed by atoms with Crippen molar-refractivity contribution in [3.8, 4) is 0 Å². The standard InChI is InChI=1S/C24H22FNO2/c1-17(28)21-6-2-4-18(12-21)13-22(20-8-10-23(25)11-9-20)14-19-5-3-7-24(15-19)26-16-27/h2-12,15-16,22H,13-14H2,1H3,(H,26,27). The molecule has 0 saturated heterocycles. The summed E-state index contributed by atoms with van der Waals surface area (Å²) in [5.41, 5.74) is 4.59. The number of amides is 1. The second-order valence-corrected chi connectivity index (χ2v) is 6.88. The molecule has 3 nitrogen and oxygen atoms in total. The Morgan fingerprint density at radius 2 is 1.61 bits per heavy atom. The van der Waals surface area contributed by atoms with Crippen LogP contribution in [0, 0.1) is 5.82 Å². The van der Waals surface area contributed by atoms with Crippen LogP contribution in [0.3, 0.4) is 0 Å². The maximum Gasteiger partial charge on any atom is 0.211 e. The van der Waals surface area contributed by atoms with Crippen LogP contribution in [-0.2, 0) is 17.6 Å². The number of hydrogen-bond donors (Lipinski definition) is 1. The average Bonchev–Trinajstić information content (AvgIpc) is 2.69. The Balaban J connectivity index is 1.90. The molecule has 3 aromatic carbocycles. The summed E-state index contributed by atoms with van der Waals surface area (Å²) in [5.74, 6) is -0.125. The van der Waals surface area contributed by atoms with Crippen molar-refractivity contribution >= 4 is 17.9 Å². The molecule has 142 valence electrons. The van der Waals surface area contributed by atoms with Crippen molar-refractivity contribution in [2.75, 3.05) is 5.32 Å². The number of nitrogens with one attached hydrogen (secondary N) is 1. The van der Waals surface area contributed by atoms with E-state index in [1.54, 1.807) is 6.92 Å². The van der Waals surface area contributed by atoms with Crippen LogP contribution in [0.2, 0.25) is 0 Å². The molecule has 4 heteroatoms. The van der Waals surface area contributed by atoms with Crippen LogP contribution in [0.25, 0.3) is 0 Å². The molecule has 1 atom stereocenters. The van der Waals surface area contributed by atoms with Crippen LogP contribution < -0.4 is 5.32 Å². The quantitative estimate of drug-likeness (QED) is 0.436. The maximum absolute atomic E-state index is 13.4. The number of carbonyl (C=O) groups is 2. The fourth-order valence-electron chi connectivity index (χ4n) is 3.39. The first kappa shape index (κ1) is 19.5. The minimum Gasteiger partial charge on any atom is -0.329 e. The van der Waals surface area contributed by atoms with Crippen molar-refractivity contribution in [1.82, 2.24) is 0 Å². The van der Waals surface area contributed by atoms with Crippen molar-refractivity contribution in [1.29, 1.82) is 0 Å². The Bertz CT molecular complexity index is 966. The minimum atomic E-state index is -0.266. The Labute approximate surface area is 164 Å². The Morgan fingerprint density at radius 1 is 0.964 bits per heavy atom. The molecule has 0 bridgehead atoms. The van der Waals surface area contributed by atoms with Gasteiger partial charge in [-0.05, 0) is 72.7 Å². The number of benzene rings is 3. The zero-order valence-corrected chi connectivity index (χ0v) is 15.7. The van der Waals surface area contributed by atoms with Crippen LogP contribution in [0.15, 0.2) is 72.8 Å². The predicted octanol–water partition coefficient (Wildman–Crippen LogP) is 5.17. The summed E-state index contributed by atoms with van der Waals surface area (Å²) in [4.78, 5) is 22.4. The third kappa shape index (κ3) is 5.13. The summed E-state index contributed by atoms with van der Waals surface area (Å²) < 4.78 is 13.4. The zero-order valence-electron chi connectivity index (χ0n) is 15.7. The molecule has 3 rings (SSSR count). The molecule has 1 unspecified atom stereocenters. The van der Waals surface area contributed by atoms with Gasteiger partial charge in [0.15, 0.2) is 5.78 Å². The maximum atomic E-state index is 13.4. The Morgan fingerprint density at radius 3 is 2.25 bits per heavy atom. The second-order valence-electron chi connectivity index (χ2n) is 6.88. The number of carbonyl (C=O) groups excluding carboxylic acids is 2. The zero-order chi connectivity index (χ0) is 19.9. The third-order valence-electron chi connectivity index (χ3n) is 4.79. The summed E-state index contributed by atoms with van der Waals surface area (Å²) in [5, 5.41) is 2.67. The second kappa shape index (κ2) is 9.09. The molecule has 1 N–H and O–H groups in total. The van der Waals surface area contributed by atoms with Gasteiger partial charge in [-0.2, -0.15) is 0 Å². The van der Waals surface area contributed by atoms with Crippen molar-refractivity contribution in [3.05, 3.63) is 101 Å². The summed E-state index contributed by atoms with van der Waals surface area (Å²) in [7, 11) is 0. The fourth-order valence-corrected chi connectivity index (χ4v) is 3.39. The van der Waals surface area contributed by atoms with E-state index < -0.39 is 0 Å². The molecule has 0 radical (unpaired) electrons. The Kier molecular flexibility index (Phi) is 6.33. The number of halogens is 1.